The summed E-state index contributed by atoms with van der Waals surface area (Å²) in [6.07, 6.45) is 23.4. The minimum atomic E-state index is -0.900. The molecule has 4 heteroatoms. The number of ether oxygens (including phenoxy) is 1. The molecule has 0 saturated carbocycles. The number of aliphatic carboxylic acids is 1. The van der Waals surface area contributed by atoms with Gasteiger partial charge in [0.15, 0.2) is 0 Å². The minimum absolute atomic E-state index is 0.0161. The molecule has 0 bridgehead atoms. The maximum atomic E-state index is 11.6. The van der Waals surface area contributed by atoms with Crippen LogP contribution in [0.15, 0.2) is 12.2 Å². The summed E-state index contributed by atoms with van der Waals surface area (Å²) < 4.78 is 4.99. The molecule has 0 amide bonds. The Bertz CT molecular complexity index is 417. The van der Waals surface area contributed by atoms with E-state index < -0.39 is 17.9 Å². The van der Waals surface area contributed by atoms with Crippen LogP contribution in [0.5, 0.6) is 0 Å². The number of carbonyl (C=O) groups is 2. The van der Waals surface area contributed by atoms with E-state index in [4.69, 9.17) is 4.74 Å². The first-order valence-electron chi connectivity index (χ1n) is 12.1. The highest BCUT2D eigenvalue weighted by molar-refractivity contribution is 5.78. The number of unbranched alkanes of at least 4 members (excludes halogenated alkanes) is 12. The Morgan fingerprint density at radius 3 is 1.79 bits per heavy atom. The molecule has 0 aromatic heterocycles. The largest absolute Gasteiger partial charge is 0.481 e. The molecule has 0 aliphatic carbocycles. The van der Waals surface area contributed by atoms with Crippen LogP contribution in [-0.2, 0) is 14.3 Å². The molecule has 0 aliphatic rings. The Kier molecular flexibility index (Phi) is 20.4. The van der Waals surface area contributed by atoms with Crippen LogP contribution in [0.1, 0.15) is 123 Å². The summed E-state index contributed by atoms with van der Waals surface area (Å²) in [6, 6.07) is 0. The summed E-state index contributed by atoms with van der Waals surface area (Å²) in [7, 11) is 0. The van der Waals surface area contributed by atoms with Gasteiger partial charge in [0.05, 0.1) is 18.9 Å². The molecular weight excluding hydrogens is 364 g/mol. The first-order chi connectivity index (χ1) is 14.1. The Hall–Kier alpha value is -1.32. The molecule has 0 aliphatic heterocycles. The van der Waals surface area contributed by atoms with Crippen LogP contribution in [0, 0.1) is 5.92 Å². The Labute approximate surface area is 179 Å². The van der Waals surface area contributed by atoms with Gasteiger partial charge in [-0.1, -0.05) is 90.2 Å². The second-order valence-corrected chi connectivity index (χ2v) is 8.19. The molecule has 4 nitrogen and oxygen atoms in total. The van der Waals surface area contributed by atoms with Crippen LogP contribution in [0.25, 0.3) is 0 Å². The van der Waals surface area contributed by atoms with Crippen molar-refractivity contribution in [3.63, 3.8) is 0 Å². The Balaban J connectivity index is 3.53. The third-order valence-corrected chi connectivity index (χ3v) is 5.29. The zero-order valence-electron chi connectivity index (χ0n) is 19.1. The molecular formula is C25H46O4. The molecule has 0 radical (unpaired) electrons. The lowest BCUT2D eigenvalue weighted by Gasteiger charge is -2.11. The van der Waals surface area contributed by atoms with Gasteiger partial charge in [0.2, 0.25) is 0 Å². The minimum Gasteiger partial charge on any atom is -0.481 e. The van der Waals surface area contributed by atoms with E-state index in [1.807, 2.05) is 6.92 Å². The summed E-state index contributed by atoms with van der Waals surface area (Å²) in [4.78, 5) is 22.9. The highest BCUT2D eigenvalue weighted by Gasteiger charge is 2.21. The van der Waals surface area contributed by atoms with Crippen molar-refractivity contribution in [1.29, 1.82) is 0 Å². The molecule has 0 aromatic carbocycles. The monoisotopic (exact) mass is 410 g/mol. The van der Waals surface area contributed by atoms with Gasteiger partial charge in [0.25, 0.3) is 0 Å². The number of allylic oxidation sites excluding steroid dienone is 2. The SMILES string of the molecule is CCCCCCCCCCCCC/C=C/CCCC(CC(=O)OCCC)C(=O)O. The third-order valence-electron chi connectivity index (χ3n) is 5.29. The quantitative estimate of drug-likeness (QED) is 0.121. The molecule has 1 N–H and O–H groups in total. The van der Waals surface area contributed by atoms with Crippen LogP contribution in [0.2, 0.25) is 0 Å². The number of carbonyl (C=O) groups excluding carboxylic acids is 1. The fraction of sp³-hybridized carbons (Fsp3) is 0.840. The highest BCUT2D eigenvalue weighted by Crippen LogP contribution is 2.15. The maximum absolute atomic E-state index is 11.6. The van der Waals surface area contributed by atoms with Gasteiger partial charge in [0.1, 0.15) is 0 Å². The number of hydrogen-bond donors (Lipinski definition) is 1. The summed E-state index contributed by atoms with van der Waals surface area (Å²) in [5, 5.41) is 9.25. The molecule has 0 saturated heterocycles. The average Bonchev–Trinajstić information content (AvgIpc) is 2.70. The molecule has 1 atom stereocenters. The Morgan fingerprint density at radius 1 is 0.759 bits per heavy atom. The number of esters is 1. The van der Waals surface area contributed by atoms with Crippen LogP contribution in [0.4, 0.5) is 0 Å². The molecule has 170 valence electrons. The van der Waals surface area contributed by atoms with E-state index in [1.54, 1.807) is 0 Å². The molecule has 0 aromatic rings. The summed E-state index contributed by atoms with van der Waals surface area (Å²) in [5.41, 5.74) is 0. The van der Waals surface area contributed by atoms with Crippen LogP contribution in [-0.4, -0.2) is 23.7 Å². The van der Waals surface area contributed by atoms with Crippen molar-refractivity contribution >= 4 is 11.9 Å². The first kappa shape index (κ1) is 27.7. The van der Waals surface area contributed by atoms with Crippen molar-refractivity contribution in [2.24, 2.45) is 5.92 Å². The molecule has 0 spiro atoms. The van der Waals surface area contributed by atoms with E-state index in [0.29, 0.717) is 13.0 Å². The standard InChI is InChI=1S/C25H46O4/c1-3-5-6-7-8-9-10-11-12-13-14-15-16-17-18-19-20-23(25(27)28)22-24(26)29-21-4-2/h16-17,23H,3-15,18-22H2,1-2H3,(H,27,28)/b17-16+. The van der Waals surface area contributed by atoms with E-state index in [9.17, 15) is 14.7 Å². The van der Waals surface area contributed by atoms with Gasteiger partial charge >= 0.3 is 11.9 Å². The van der Waals surface area contributed by atoms with E-state index >= 15 is 0 Å². The fourth-order valence-corrected chi connectivity index (χ4v) is 3.43. The zero-order valence-corrected chi connectivity index (χ0v) is 19.1. The second-order valence-electron chi connectivity index (χ2n) is 8.19. The Morgan fingerprint density at radius 2 is 1.28 bits per heavy atom. The smallest absolute Gasteiger partial charge is 0.307 e. The summed E-state index contributed by atoms with van der Waals surface area (Å²) in [6.45, 7) is 4.55. The van der Waals surface area contributed by atoms with Crippen molar-refractivity contribution in [2.75, 3.05) is 6.61 Å². The van der Waals surface area contributed by atoms with Gasteiger partial charge in [-0.15, -0.1) is 0 Å². The van der Waals surface area contributed by atoms with Gasteiger partial charge in [-0.25, -0.2) is 0 Å². The predicted octanol–water partition coefficient (Wildman–Crippen LogP) is 7.46. The lowest BCUT2D eigenvalue weighted by molar-refractivity contribution is -0.151. The number of carboxylic acids is 1. The third kappa shape index (κ3) is 19.8. The van der Waals surface area contributed by atoms with E-state index in [0.717, 1.165) is 25.7 Å². The predicted molar refractivity (Wildman–Crippen MR) is 121 cm³/mol. The summed E-state index contributed by atoms with van der Waals surface area (Å²) in [5.74, 6) is -1.92. The van der Waals surface area contributed by atoms with E-state index in [1.165, 1.54) is 70.6 Å². The van der Waals surface area contributed by atoms with Crippen LogP contribution < -0.4 is 0 Å². The molecule has 0 heterocycles. The van der Waals surface area contributed by atoms with Gasteiger partial charge in [-0.3, -0.25) is 9.59 Å². The highest BCUT2D eigenvalue weighted by atomic mass is 16.5. The van der Waals surface area contributed by atoms with Crippen molar-refractivity contribution in [3.05, 3.63) is 12.2 Å². The second kappa shape index (κ2) is 21.4. The molecule has 0 rings (SSSR count). The molecule has 0 fully saturated rings. The molecule has 1 unspecified atom stereocenters. The number of carboxylic acid groups (broad SMARTS) is 1. The van der Waals surface area contributed by atoms with Gasteiger partial charge < -0.3 is 9.84 Å². The zero-order chi connectivity index (χ0) is 21.6. The summed E-state index contributed by atoms with van der Waals surface area (Å²) >= 11 is 0. The van der Waals surface area contributed by atoms with Crippen molar-refractivity contribution in [1.82, 2.24) is 0 Å². The van der Waals surface area contributed by atoms with Crippen LogP contribution >= 0.6 is 0 Å². The van der Waals surface area contributed by atoms with Crippen molar-refractivity contribution in [2.45, 2.75) is 123 Å². The normalized spacial score (nSPS) is 12.3. The lowest BCUT2D eigenvalue weighted by atomic mass is 9.98. The lowest BCUT2D eigenvalue weighted by Crippen LogP contribution is -2.19. The molecule has 29 heavy (non-hydrogen) atoms. The van der Waals surface area contributed by atoms with Crippen molar-refractivity contribution in [3.8, 4) is 0 Å². The van der Waals surface area contributed by atoms with Gasteiger partial charge in [-0.2, -0.15) is 0 Å². The van der Waals surface area contributed by atoms with Gasteiger partial charge in [0, 0.05) is 0 Å². The number of rotatable bonds is 21. The topological polar surface area (TPSA) is 63.6 Å². The van der Waals surface area contributed by atoms with E-state index in [-0.39, 0.29) is 6.42 Å². The first-order valence-corrected chi connectivity index (χ1v) is 12.1. The van der Waals surface area contributed by atoms with E-state index in [2.05, 4.69) is 19.1 Å². The van der Waals surface area contributed by atoms with Crippen LogP contribution in [0.3, 0.4) is 0 Å². The maximum Gasteiger partial charge on any atom is 0.307 e. The van der Waals surface area contributed by atoms with Gasteiger partial charge in [-0.05, 0) is 38.5 Å². The number of hydrogen-bond acceptors (Lipinski definition) is 3. The van der Waals surface area contributed by atoms with Crippen molar-refractivity contribution < 1.29 is 19.4 Å². The average molecular weight is 411 g/mol. The fourth-order valence-electron chi connectivity index (χ4n) is 3.43.